The van der Waals surface area contributed by atoms with Gasteiger partial charge in [-0.1, -0.05) is 0 Å². The number of esters is 2. The molecule has 0 bridgehead atoms. The summed E-state index contributed by atoms with van der Waals surface area (Å²) in [6.45, 7) is -2.59. The summed E-state index contributed by atoms with van der Waals surface area (Å²) in [5, 5.41) is 72.2. The molecule has 0 spiro atoms. The number of methoxy groups -OCH3 is 3. The van der Waals surface area contributed by atoms with E-state index in [1.165, 1.54) is 51.7 Å². The molecule has 4 rings (SSSR count). The SMILES string of the molecule is COc1cc(C=CC(=O)O[C@H]2[C@H](O)[C@@H](CO)O[C@@]2(CO)O[C@H]2O[C@H](COC(=O)c3ccc(O)cc3)[C@@H](O)[C@H](O)[C@H]2O)cc(OC)c1OC. The van der Waals surface area contributed by atoms with Crippen molar-refractivity contribution < 1.29 is 83.2 Å². The minimum atomic E-state index is -2.47. The lowest BCUT2D eigenvalue weighted by molar-refractivity contribution is -0.383. The van der Waals surface area contributed by atoms with Gasteiger partial charge in [-0.2, -0.15) is 0 Å². The van der Waals surface area contributed by atoms with E-state index in [4.69, 9.17) is 37.9 Å². The number of aliphatic hydroxyl groups excluding tert-OH is 6. The number of hydrogen-bond donors (Lipinski definition) is 7. The molecule has 9 atom stereocenters. The van der Waals surface area contributed by atoms with Crippen LogP contribution in [0.5, 0.6) is 23.0 Å². The zero-order valence-corrected chi connectivity index (χ0v) is 26.1. The Balaban J connectivity index is 1.51. The summed E-state index contributed by atoms with van der Waals surface area (Å²) >= 11 is 0. The molecule has 264 valence electrons. The lowest BCUT2D eigenvalue weighted by Crippen LogP contribution is -2.63. The van der Waals surface area contributed by atoms with E-state index >= 15 is 0 Å². The van der Waals surface area contributed by atoms with Crippen molar-refractivity contribution in [3.05, 3.63) is 53.6 Å². The van der Waals surface area contributed by atoms with E-state index < -0.39 is 86.6 Å². The number of aliphatic hydroxyl groups is 6. The van der Waals surface area contributed by atoms with E-state index in [0.29, 0.717) is 22.8 Å². The summed E-state index contributed by atoms with van der Waals surface area (Å²) in [5.41, 5.74) is 0.476. The number of carbonyl (C=O) groups is 2. The van der Waals surface area contributed by atoms with E-state index in [9.17, 15) is 45.3 Å². The van der Waals surface area contributed by atoms with Gasteiger partial charge < -0.3 is 73.6 Å². The number of aromatic hydroxyl groups is 1. The van der Waals surface area contributed by atoms with Crippen LogP contribution in [0.2, 0.25) is 0 Å². The molecule has 2 fully saturated rings. The third-order valence-corrected chi connectivity index (χ3v) is 7.68. The minimum absolute atomic E-state index is 0.0538. The second kappa shape index (κ2) is 15.9. The smallest absolute Gasteiger partial charge is 0.338 e. The van der Waals surface area contributed by atoms with Crippen LogP contribution in [-0.4, -0.2) is 144 Å². The van der Waals surface area contributed by atoms with Crippen molar-refractivity contribution in [2.75, 3.05) is 41.2 Å². The van der Waals surface area contributed by atoms with Gasteiger partial charge in [0, 0.05) is 6.08 Å². The molecule has 0 aliphatic carbocycles. The highest BCUT2D eigenvalue weighted by atomic mass is 16.8. The molecule has 0 amide bonds. The normalized spacial score (nSPS) is 30.2. The van der Waals surface area contributed by atoms with Gasteiger partial charge in [-0.25, -0.2) is 9.59 Å². The molecule has 0 saturated carbocycles. The van der Waals surface area contributed by atoms with E-state index in [1.807, 2.05) is 0 Å². The monoisotopic (exact) mass is 682 g/mol. The molecule has 0 unspecified atom stereocenters. The van der Waals surface area contributed by atoms with Crippen LogP contribution in [0.4, 0.5) is 0 Å². The summed E-state index contributed by atoms with van der Waals surface area (Å²) in [6.07, 6.45) is -11.9. The summed E-state index contributed by atoms with van der Waals surface area (Å²) in [6, 6.07) is 8.16. The Bertz CT molecular complexity index is 1410. The van der Waals surface area contributed by atoms with Gasteiger partial charge >= 0.3 is 11.9 Å². The standard InChI is InChI=1S/C31H38O17/c1-41-18-10-15(11-19(42-2)27(18)43-3)4-9-22(35)46-28-24(37)20(12-32)47-31(28,14-33)48-30-26(39)25(38)23(36)21(45-30)13-44-29(40)16-5-7-17(34)8-6-16/h4-11,20-21,23-26,28,30,32-34,36-39H,12-14H2,1-3H3/t20-,21-,23-,24-,25+,26-,28+,30-,31+/m1/s1. The van der Waals surface area contributed by atoms with Gasteiger partial charge in [0.2, 0.25) is 11.5 Å². The Morgan fingerprint density at radius 1 is 0.875 bits per heavy atom. The van der Waals surface area contributed by atoms with Gasteiger partial charge in [0.05, 0.1) is 33.5 Å². The number of phenolic OH excluding ortho intramolecular Hbond substituents is 1. The second-order valence-electron chi connectivity index (χ2n) is 10.7. The van der Waals surface area contributed by atoms with Crippen molar-refractivity contribution in [2.24, 2.45) is 0 Å². The zero-order chi connectivity index (χ0) is 35.2. The first-order chi connectivity index (χ1) is 22.9. The fraction of sp³-hybridized carbons (Fsp3) is 0.484. The third-order valence-electron chi connectivity index (χ3n) is 7.68. The number of ether oxygens (including phenoxy) is 8. The molecular weight excluding hydrogens is 644 g/mol. The highest BCUT2D eigenvalue weighted by Crippen LogP contribution is 2.40. The van der Waals surface area contributed by atoms with Crippen LogP contribution < -0.4 is 14.2 Å². The molecule has 2 aromatic rings. The van der Waals surface area contributed by atoms with E-state index in [1.54, 1.807) is 12.1 Å². The minimum Gasteiger partial charge on any atom is -0.508 e. The Morgan fingerprint density at radius 2 is 1.52 bits per heavy atom. The Hall–Kier alpha value is -4.04. The number of phenols is 1. The first-order valence-corrected chi connectivity index (χ1v) is 14.5. The topological polar surface area (TPSA) is 250 Å². The Morgan fingerprint density at radius 3 is 2.08 bits per heavy atom. The fourth-order valence-electron chi connectivity index (χ4n) is 5.13. The molecule has 0 aromatic heterocycles. The molecule has 2 heterocycles. The molecule has 0 radical (unpaired) electrons. The highest BCUT2D eigenvalue weighted by molar-refractivity contribution is 5.89. The first kappa shape index (κ1) is 36.8. The van der Waals surface area contributed by atoms with Crippen LogP contribution in [0, 0.1) is 0 Å². The van der Waals surface area contributed by atoms with Crippen molar-refractivity contribution in [1.29, 1.82) is 0 Å². The zero-order valence-electron chi connectivity index (χ0n) is 26.1. The van der Waals surface area contributed by atoms with Gasteiger partial charge in [-0.05, 0) is 48.0 Å². The largest absolute Gasteiger partial charge is 0.508 e. The number of benzene rings is 2. The van der Waals surface area contributed by atoms with Crippen LogP contribution in [0.25, 0.3) is 6.08 Å². The van der Waals surface area contributed by atoms with Gasteiger partial charge in [0.25, 0.3) is 0 Å². The number of rotatable bonds is 13. The van der Waals surface area contributed by atoms with Gasteiger partial charge in [-0.3, -0.25) is 0 Å². The summed E-state index contributed by atoms with van der Waals surface area (Å²) in [4.78, 5) is 25.4. The maximum Gasteiger partial charge on any atom is 0.338 e. The molecule has 17 heteroatoms. The molecule has 2 saturated heterocycles. The molecule has 2 aliphatic heterocycles. The maximum atomic E-state index is 13.0. The van der Waals surface area contributed by atoms with E-state index in [0.717, 1.165) is 6.08 Å². The molecular formula is C31H38O17. The Kier molecular flexibility index (Phi) is 12.2. The van der Waals surface area contributed by atoms with Crippen LogP contribution >= 0.6 is 0 Å². The number of hydrogen-bond acceptors (Lipinski definition) is 17. The fourth-order valence-corrected chi connectivity index (χ4v) is 5.13. The molecule has 48 heavy (non-hydrogen) atoms. The van der Waals surface area contributed by atoms with Crippen LogP contribution in [0.1, 0.15) is 15.9 Å². The quantitative estimate of drug-likeness (QED) is 0.0934. The second-order valence-corrected chi connectivity index (χ2v) is 10.7. The van der Waals surface area contributed by atoms with E-state index in [2.05, 4.69) is 0 Å². The first-order valence-electron chi connectivity index (χ1n) is 14.5. The predicted molar refractivity (Wildman–Crippen MR) is 159 cm³/mol. The Labute approximate surface area is 274 Å². The summed E-state index contributed by atoms with van der Waals surface area (Å²) < 4.78 is 43.3. The lowest BCUT2D eigenvalue weighted by atomic mass is 9.98. The van der Waals surface area contributed by atoms with Crippen LogP contribution in [0.15, 0.2) is 42.5 Å². The van der Waals surface area contributed by atoms with Gasteiger partial charge in [-0.15, -0.1) is 0 Å². The average Bonchev–Trinajstić information content (AvgIpc) is 3.36. The summed E-state index contributed by atoms with van der Waals surface area (Å²) in [5.74, 6) is -3.57. The highest BCUT2D eigenvalue weighted by Gasteiger charge is 2.60. The van der Waals surface area contributed by atoms with Crippen LogP contribution in [0.3, 0.4) is 0 Å². The van der Waals surface area contributed by atoms with Gasteiger partial charge in [0.15, 0.2) is 23.9 Å². The molecule has 17 nitrogen and oxygen atoms in total. The number of carbonyl (C=O) groups excluding carboxylic acids is 2. The van der Waals surface area contributed by atoms with Gasteiger partial charge in [0.1, 0.15) is 55.6 Å². The third kappa shape index (κ3) is 7.81. The van der Waals surface area contributed by atoms with Crippen molar-refractivity contribution in [3.63, 3.8) is 0 Å². The van der Waals surface area contributed by atoms with Crippen molar-refractivity contribution in [2.45, 2.75) is 54.8 Å². The van der Waals surface area contributed by atoms with Crippen molar-refractivity contribution >= 4 is 18.0 Å². The van der Waals surface area contributed by atoms with Crippen molar-refractivity contribution in [1.82, 2.24) is 0 Å². The molecule has 7 N–H and O–H groups in total. The molecule has 2 aromatic carbocycles. The maximum absolute atomic E-state index is 13.0. The average molecular weight is 683 g/mol. The molecule has 2 aliphatic rings. The summed E-state index contributed by atoms with van der Waals surface area (Å²) in [7, 11) is 4.24. The van der Waals surface area contributed by atoms with E-state index in [-0.39, 0.29) is 11.3 Å². The lowest BCUT2D eigenvalue weighted by Gasteiger charge is -2.43. The predicted octanol–water partition coefficient (Wildman–Crippen LogP) is -1.54. The van der Waals surface area contributed by atoms with Crippen LogP contribution in [-0.2, 0) is 28.5 Å². The van der Waals surface area contributed by atoms with Crippen molar-refractivity contribution in [3.8, 4) is 23.0 Å².